The molecule has 14 heavy (non-hydrogen) atoms. The molecule has 0 radical (unpaired) electrons. The number of thiophene rings is 1. The molecule has 1 rings (SSSR count). The maximum atomic E-state index is 11.1. The molecule has 1 aromatic rings. The van der Waals surface area contributed by atoms with Gasteiger partial charge in [-0.3, -0.25) is 4.79 Å². The van der Waals surface area contributed by atoms with Gasteiger partial charge in [0.05, 0.1) is 11.6 Å². The van der Waals surface area contributed by atoms with Crippen molar-refractivity contribution in [2.24, 2.45) is 0 Å². The number of amides is 1. The van der Waals surface area contributed by atoms with Crippen LogP contribution in [-0.2, 0) is 14.3 Å². The van der Waals surface area contributed by atoms with E-state index in [4.69, 9.17) is 0 Å². The van der Waals surface area contributed by atoms with Crippen LogP contribution in [-0.4, -0.2) is 18.5 Å². The van der Waals surface area contributed by atoms with Crippen molar-refractivity contribution >= 4 is 44.1 Å². The average molecular weight is 278 g/mol. The molecule has 76 valence electrons. The topological polar surface area (TPSA) is 55.4 Å². The van der Waals surface area contributed by atoms with Crippen LogP contribution in [0.1, 0.15) is 6.92 Å². The first kappa shape index (κ1) is 11.2. The van der Waals surface area contributed by atoms with E-state index in [1.807, 2.05) is 0 Å². The van der Waals surface area contributed by atoms with Gasteiger partial charge >= 0.3 is 11.9 Å². The third-order valence-corrected chi connectivity index (χ3v) is 2.87. The summed E-state index contributed by atoms with van der Waals surface area (Å²) in [4.78, 5) is 22.0. The molecule has 0 bridgehead atoms. The van der Waals surface area contributed by atoms with E-state index >= 15 is 0 Å². The molecule has 1 heterocycles. The minimum absolute atomic E-state index is 0.195. The number of carbonyl (C=O) groups is 2. The minimum atomic E-state index is -0.864. The first-order chi connectivity index (χ1) is 6.63. The number of nitrogens with one attached hydrogen (secondary N) is 1. The second-order valence-electron chi connectivity index (χ2n) is 2.30. The Balaban J connectivity index is 2.53. The fourth-order valence-corrected chi connectivity index (χ4v) is 2.05. The average Bonchev–Trinajstić information content (AvgIpc) is 2.51. The summed E-state index contributed by atoms with van der Waals surface area (Å²) in [7, 11) is 0. The molecule has 0 aliphatic heterocycles. The maximum Gasteiger partial charge on any atom is 0.397 e. The molecule has 0 saturated heterocycles. The number of anilines is 1. The Morgan fingerprint density at radius 1 is 1.64 bits per heavy atom. The smallest absolute Gasteiger partial charge is 0.397 e. The third kappa shape index (κ3) is 3.12. The lowest BCUT2D eigenvalue weighted by Crippen LogP contribution is -2.24. The quantitative estimate of drug-likeness (QED) is 0.665. The molecule has 1 aromatic heterocycles. The molecule has 0 unspecified atom stereocenters. The van der Waals surface area contributed by atoms with Crippen LogP contribution in [0.2, 0.25) is 0 Å². The summed E-state index contributed by atoms with van der Waals surface area (Å²) < 4.78 is 5.39. The van der Waals surface area contributed by atoms with Gasteiger partial charge in [0.1, 0.15) is 0 Å². The van der Waals surface area contributed by atoms with Crippen LogP contribution >= 0.6 is 27.3 Å². The summed E-state index contributed by atoms with van der Waals surface area (Å²) >= 11 is 4.56. The zero-order valence-corrected chi connectivity index (χ0v) is 9.78. The molecule has 1 N–H and O–H groups in total. The summed E-state index contributed by atoms with van der Waals surface area (Å²) in [5.74, 6) is -1.61. The zero-order chi connectivity index (χ0) is 10.6. The number of hydrogen-bond donors (Lipinski definition) is 1. The fraction of sp³-hybridized carbons (Fsp3) is 0.250. The predicted octanol–water partition coefficient (Wildman–Crippen LogP) is 2.01. The normalized spacial score (nSPS) is 9.57. The van der Waals surface area contributed by atoms with Crippen LogP contribution < -0.4 is 5.32 Å². The third-order valence-electron chi connectivity index (χ3n) is 1.27. The highest BCUT2D eigenvalue weighted by Crippen LogP contribution is 2.24. The molecule has 6 heteroatoms. The largest absolute Gasteiger partial charge is 0.459 e. The van der Waals surface area contributed by atoms with E-state index in [-0.39, 0.29) is 6.61 Å². The molecule has 0 aliphatic carbocycles. The monoisotopic (exact) mass is 277 g/mol. The molecular weight excluding hydrogens is 270 g/mol. The van der Waals surface area contributed by atoms with Gasteiger partial charge in [0, 0.05) is 9.85 Å². The Kier molecular flexibility index (Phi) is 4.09. The first-order valence-corrected chi connectivity index (χ1v) is 5.53. The van der Waals surface area contributed by atoms with Crippen molar-refractivity contribution in [2.75, 3.05) is 11.9 Å². The Hall–Kier alpha value is -0.880. The Morgan fingerprint density at radius 3 is 2.86 bits per heavy atom. The van der Waals surface area contributed by atoms with Gasteiger partial charge in [0.25, 0.3) is 0 Å². The van der Waals surface area contributed by atoms with E-state index in [2.05, 4.69) is 26.0 Å². The molecule has 0 aromatic carbocycles. The summed E-state index contributed by atoms with van der Waals surface area (Å²) in [6.07, 6.45) is 0. The highest BCUT2D eigenvalue weighted by Gasteiger charge is 2.15. The lowest BCUT2D eigenvalue weighted by atomic mass is 10.5. The van der Waals surface area contributed by atoms with Gasteiger partial charge in [0.2, 0.25) is 0 Å². The van der Waals surface area contributed by atoms with Crippen LogP contribution in [0.4, 0.5) is 5.00 Å². The van der Waals surface area contributed by atoms with Crippen LogP contribution in [0.3, 0.4) is 0 Å². The number of carbonyl (C=O) groups excluding carboxylic acids is 2. The Labute approximate surface area is 93.4 Å². The summed E-state index contributed by atoms with van der Waals surface area (Å²) in [6.45, 7) is 1.84. The number of ether oxygens (including phenoxy) is 1. The number of rotatable bonds is 2. The Bertz CT molecular complexity index is 350. The van der Waals surface area contributed by atoms with Gasteiger partial charge in [-0.2, -0.15) is 0 Å². The summed E-state index contributed by atoms with van der Waals surface area (Å²) in [5.41, 5.74) is 0. The molecule has 0 saturated carbocycles. The predicted molar refractivity (Wildman–Crippen MR) is 57.3 cm³/mol. The molecular formula is C8H8BrNO3S. The Morgan fingerprint density at radius 2 is 2.36 bits per heavy atom. The first-order valence-electron chi connectivity index (χ1n) is 3.85. The summed E-state index contributed by atoms with van der Waals surface area (Å²) in [5, 5.41) is 4.84. The molecule has 1 amide bonds. The van der Waals surface area contributed by atoms with E-state index in [9.17, 15) is 9.59 Å². The highest BCUT2D eigenvalue weighted by molar-refractivity contribution is 9.10. The molecule has 0 fully saturated rings. The van der Waals surface area contributed by atoms with Crippen molar-refractivity contribution in [3.05, 3.63) is 15.9 Å². The van der Waals surface area contributed by atoms with E-state index in [1.54, 1.807) is 18.4 Å². The van der Waals surface area contributed by atoms with E-state index in [1.165, 1.54) is 11.3 Å². The van der Waals surface area contributed by atoms with Gasteiger partial charge in [-0.15, -0.1) is 11.3 Å². The molecule has 4 nitrogen and oxygen atoms in total. The van der Waals surface area contributed by atoms with Crippen molar-refractivity contribution in [1.82, 2.24) is 0 Å². The number of hydrogen-bond acceptors (Lipinski definition) is 4. The zero-order valence-electron chi connectivity index (χ0n) is 7.37. The SMILES string of the molecule is CCOC(=O)C(=O)Nc1cc(Br)cs1. The molecule has 0 spiro atoms. The highest BCUT2D eigenvalue weighted by atomic mass is 79.9. The van der Waals surface area contributed by atoms with Crippen molar-refractivity contribution in [3.63, 3.8) is 0 Å². The minimum Gasteiger partial charge on any atom is -0.459 e. The van der Waals surface area contributed by atoms with Gasteiger partial charge in [0.15, 0.2) is 0 Å². The second-order valence-corrected chi connectivity index (χ2v) is 4.13. The fourth-order valence-electron chi connectivity index (χ4n) is 0.738. The van der Waals surface area contributed by atoms with Crippen LogP contribution in [0.15, 0.2) is 15.9 Å². The van der Waals surface area contributed by atoms with E-state index < -0.39 is 11.9 Å². The second kappa shape index (κ2) is 5.11. The molecule has 0 atom stereocenters. The number of halogens is 1. The lowest BCUT2D eigenvalue weighted by molar-refractivity contribution is -0.152. The van der Waals surface area contributed by atoms with Gasteiger partial charge in [-0.25, -0.2) is 4.79 Å². The van der Waals surface area contributed by atoms with Gasteiger partial charge < -0.3 is 10.1 Å². The maximum absolute atomic E-state index is 11.1. The van der Waals surface area contributed by atoms with E-state index in [0.717, 1.165) is 4.47 Å². The summed E-state index contributed by atoms with van der Waals surface area (Å²) in [6, 6.07) is 1.71. The van der Waals surface area contributed by atoms with Crippen LogP contribution in [0.25, 0.3) is 0 Å². The lowest BCUT2D eigenvalue weighted by Gasteiger charge is -2.00. The molecule has 0 aliphatic rings. The van der Waals surface area contributed by atoms with Gasteiger partial charge in [-0.1, -0.05) is 0 Å². The van der Waals surface area contributed by atoms with Crippen molar-refractivity contribution in [3.8, 4) is 0 Å². The van der Waals surface area contributed by atoms with Crippen LogP contribution in [0, 0.1) is 0 Å². The number of esters is 1. The van der Waals surface area contributed by atoms with Crippen molar-refractivity contribution in [1.29, 1.82) is 0 Å². The van der Waals surface area contributed by atoms with E-state index in [0.29, 0.717) is 5.00 Å². The standard InChI is InChI=1S/C8H8BrNO3S/c1-2-13-8(12)7(11)10-6-3-5(9)4-14-6/h3-4H,2H2,1H3,(H,10,11). The van der Waals surface area contributed by atoms with Crippen molar-refractivity contribution < 1.29 is 14.3 Å². The van der Waals surface area contributed by atoms with Crippen LogP contribution in [0.5, 0.6) is 0 Å². The van der Waals surface area contributed by atoms with Crippen molar-refractivity contribution in [2.45, 2.75) is 6.92 Å². The van der Waals surface area contributed by atoms with Gasteiger partial charge in [-0.05, 0) is 28.9 Å².